The van der Waals surface area contributed by atoms with Gasteiger partial charge in [-0.3, -0.25) is 4.79 Å². The predicted octanol–water partition coefficient (Wildman–Crippen LogP) is 3.84. The molecule has 0 aliphatic heterocycles. The minimum absolute atomic E-state index is 0.0661. The Bertz CT molecular complexity index is 879. The van der Waals surface area contributed by atoms with Gasteiger partial charge < -0.3 is 14.1 Å². The van der Waals surface area contributed by atoms with Crippen LogP contribution in [-0.4, -0.2) is 33.7 Å². The summed E-state index contributed by atoms with van der Waals surface area (Å²) in [5, 5.41) is 4.48. The van der Waals surface area contributed by atoms with Crippen molar-refractivity contribution in [3.63, 3.8) is 0 Å². The molecule has 26 heavy (non-hydrogen) atoms. The van der Waals surface area contributed by atoms with Gasteiger partial charge in [0, 0.05) is 12.2 Å². The van der Waals surface area contributed by atoms with Gasteiger partial charge >= 0.3 is 0 Å². The molecule has 1 aliphatic carbocycles. The Hall–Kier alpha value is -3.02. The minimum atomic E-state index is -0.115. The van der Waals surface area contributed by atoms with Crippen LogP contribution in [0, 0.1) is 0 Å². The number of benzene rings is 1. The van der Waals surface area contributed by atoms with Crippen molar-refractivity contribution in [1.29, 1.82) is 0 Å². The van der Waals surface area contributed by atoms with Crippen LogP contribution >= 0.6 is 0 Å². The summed E-state index contributed by atoms with van der Waals surface area (Å²) in [6, 6.07) is 13.2. The molecule has 0 N–H and O–H groups in total. The maximum Gasteiger partial charge on any atom is 0.275 e. The van der Waals surface area contributed by atoms with Gasteiger partial charge in [0.05, 0.1) is 25.1 Å². The number of carbonyl (C=O) groups excluding carboxylic acids is 1. The number of ether oxygens (including phenoxy) is 1. The van der Waals surface area contributed by atoms with Gasteiger partial charge in [-0.2, -0.15) is 5.10 Å². The van der Waals surface area contributed by atoms with Crippen molar-refractivity contribution in [2.24, 2.45) is 0 Å². The number of aromatic nitrogens is 2. The molecule has 0 saturated heterocycles. The van der Waals surface area contributed by atoms with E-state index >= 15 is 0 Å². The van der Waals surface area contributed by atoms with Crippen molar-refractivity contribution in [3.05, 3.63) is 66.4 Å². The van der Waals surface area contributed by atoms with Gasteiger partial charge in [-0.25, -0.2) is 4.68 Å². The monoisotopic (exact) mass is 351 g/mol. The maximum atomic E-state index is 13.1. The highest BCUT2D eigenvalue weighted by Gasteiger charge is 2.38. The Morgan fingerprint density at radius 2 is 2.04 bits per heavy atom. The predicted molar refractivity (Wildman–Crippen MR) is 96.4 cm³/mol. The van der Waals surface area contributed by atoms with E-state index in [2.05, 4.69) is 5.10 Å². The second kappa shape index (κ2) is 6.71. The molecule has 3 aromatic rings. The fourth-order valence-electron chi connectivity index (χ4n) is 3.13. The Morgan fingerprint density at radius 1 is 1.27 bits per heavy atom. The minimum Gasteiger partial charge on any atom is -0.497 e. The van der Waals surface area contributed by atoms with Gasteiger partial charge in [-0.15, -0.1) is 0 Å². The summed E-state index contributed by atoms with van der Waals surface area (Å²) in [4.78, 5) is 15.0. The molecular formula is C20H21N3O3. The largest absolute Gasteiger partial charge is 0.497 e. The zero-order valence-corrected chi connectivity index (χ0v) is 14.8. The summed E-state index contributed by atoms with van der Waals surface area (Å²) in [6.07, 6.45) is 5.49. The second-order valence-corrected chi connectivity index (χ2v) is 6.48. The van der Waals surface area contributed by atoms with Crippen molar-refractivity contribution in [2.75, 3.05) is 7.11 Å². The molecule has 0 bridgehead atoms. The summed E-state index contributed by atoms with van der Waals surface area (Å²) in [5.74, 6) is 1.51. The Kier molecular flexibility index (Phi) is 4.24. The molecule has 0 spiro atoms. The smallest absolute Gasteiger partial charge is 0.275 e. The van der Waals surface area contributed by atoms with E-state index in [1.807, 2.05) is 48.2 Å². The van der Waals surface area contributed by atoms with Gasteiger partial charge in [0.1, 0.15) is 11.5 Å². The molecule has 6 nitrogen and oxygen atoms in total. The van der Waals surface area contributed by atoms with E-state index in [0.717, 1.165) is 30.0 Å². The average Bonchev–Trinajstić information content (AvgIpc) is 3.17. The van der Waals surface area contributed by atoms with Crippen LogP contribution in [0.1, 0.15) is 42.1 Å². The van der Waals surface area contributed by atoms with Gasteiger partial charge in [-0.1, -0.05) is 0 Å². The van der Waals surface area contributed by atoms with Crippen LogP contribution in [0.2, 0.25) is 0 Å². The van der Waals surface area contributed by atoms with E-state index in [0.29, 0.717) is 5.69 Å². The van der Waals surface area contributed by atoms with Crippen molar-refractivity contribution < 1.29 is 13.9 Å². The molecule has 0 radical (unpaired) electrons. The summed E-state index contributed by atoms with van der Waals surface area (Å²) in [5.41, 5.74) is 1.31. The average molecular weight is 351 g/mol. The number of amides is 1. The summed E-state index contributed by atoms with van der Waals surface area (Å²) in [6.45, 7) is 2.00. The van der Waals surface area contributed by atoms with Crippen molar-refractivity contribution in [2.45, 2.75) is 31.8 Å². The van der Waals surface area contributed by atoms with Gasteiger partial charge in [0.25, 0.3) is 5.91 Å². The normalized spacial score (nSPS) is 14.8. The van der Waals surface area contributed by atoms with Gasteiger partial charge in [-0.05, 0) is 62.2 Å². The number of hydrogen-bond donors (Lipinski definition) is 0. The molecule has 1 atom stereocenters. The summed E-state index contributed by atoms with van der Waals surface area (Å²) < 4.78 is 12.4. The first-order chi connectivity index (χ1) is 12.7. The van der Waals surface area contributed by atoms with Crippen LogP contribution in [0.25, 0.3) is 5.69 Å². The lowest BCUT2D eigenvalue weighted by Gasteiger charge is -2.27. The van der Waals surface area contributed by atoms with E-state index in [9.17, 15) is 4.79 Å². The zero-order chi connectivity index (χ0) is 18.1. The molecule has 1 saturated carbocycles. The van der Waals surface area contributed by atoms with Crippen LogP contribution in [0.5, 0.6) is 5.75 Å². The first-order valence-electron chi connectivity index (χ1n) is 8.73. The molecule has 2 heterocycles. The lowest BCUT2D eigenvalue weighted by atomic mass is 10.2. The Balaban J connectivity index is 1.58. The highest BCUT2D eigenvalue weighted by Crippen LogP contribution is 2.35. The number of carbonyl (C=O) groups is 1. The Morgan fingerprint density at radius 3 is 2.65 bits per heavy atom. The van der Waals surface area contributed by atoms with E-state index in [1.165, 1.54) is 0 Å². The third kappa shape index (κ3) is 3.10. The molecule has 1 unspecified atom stereocenters. The quantitative estimate of drug-likeness (QED) is 0.677. The van der Waals surface area contributed by atoms with Gasteiger partial charge in [0.2, 0.25) is 0 Å². The molecule has 134 valence electrons. The van der Waals surface area contributed by atoms with Crippen LogP contribution in [-0.2, 0) is 0 Å². The molecule has 1 fully saturated rings. The number of nitrogens with zero attached hydrogens (tertiary/aromatic N) is 3. The van der Waals surface area contributed by atoms with E-state index < -0.39 is 0 Å². The first-order valence-corrected chi connectivity index (χ1v) is 8.73. The molecule has 2 aromatic heterocycles. The van der Waals surface area contributed by atoms with Crippen LogP contribution in [0.3, 0.4) is 0 Å². The van der Waals surface area contributed by atoms with Crippen LogP contribution < -0.4 is 4.74 Å². The zero-order valence-electron chi connectivity index (χ0n) is 14.8. The summed E-state index contributed by atoms with van der Waals surface area (Å²) >= 11 is 0. The van der Waals surface area contributed by atoms with E-state index in [1.54, 1.807) is 30.3 Å². The standard InChI is InChI=1S/C20H21N3O3/c1-14(19-4-3-13-26-19)23(16-5-6-16)20(24)18-11-12-22(21-18)15-7-9-17(25-2)10-8-15/h3-4,7-14,16H,5-6H2,1-2H3. The molecule has 1 amide bonds. The van der Waals surface area contributed by atoms with Crippen LogP contribution in [0.15, 0.2) is 59.3 Å². The number of furan rings is 1. The highest BCUT2D eigenvalue weighted by atomic mass is 16.5. The first kappa shape index (κ1) is 16.4. The van der Waals surface area contributed by atoms with Crippen molar-refractivity contribution in [3.8, 4) is 11.4 Å². The fourth-order valence-corrected chi connectivity index (χ4v) is 3.13. The van der Waals surface area contributed by atoms with Crippen LogP contribution in [0.4, 0.5) is 0 Å². The number of rotatable bonds is 6. The maximum absolute atomic E-state index is 13.1. The molecule has 1 aromatic carbocycles. The number of methoxy groups -OCH3 is 1. The van der Waals surface area contributed by atoms with E-state index in [4.69, 9.17) is 9.15 Å². The third-order valence-corrected chi connectivity index (χ3v) is 4.69. The van der Waals surface area contributed by atoms with Crippen molar-refractivity contribution >= 4 is 5.91 Å². The summed E-state index contributed by atoms with van der Waals surface area (Å²) in [7, 11) is 1.63. The highest BCUT2D eigenvalue weighted by molar-refractivity contribution is 5.93. The van der Waals surface area contributed by atoms with E-state index in [-0.39, 0.29) is 18.0 Å². The second-order valence-electron chi connectivity index (χ2n) is 6.48. The molecular weight excluding hydrogens is 330 g/mol. The van der Waals surface area contributed by atoms with Gasteiger partial charge in [0.15, 0.2) is 5.69 Å². The molecule has 4 rings (SSSR count). The van der Waals surface area contributed by atoms with Crippen molar-refractivity contribution in [1.82, 2.24) is 14.7 Å². The molecule has 1 aliphatic rings. The molecule has 6 heteroatoms. The SMILES string of the molecule is COc1ccc(-n2ccc(C(=O)N(C3CC3)C(C)c3ccco3)n2)cc1. The topological polar surface area (TPSA) is 60.5 Å². The third-order valence-electron chi connectivity index (χ3n) is 4.69. The Labute approximate surface area is 152 Å². The lowest BCUT2D eigenvalue weighted by Crippen LogP contribution is -2.35. The fraction of sp³-hybridized carbons (Fsp3) is 0.300. The lowest BCUT2D eigenvalue weighted by molar-refractivity contribution is 0.0646. The number of hydrogen-bond acceptors (Lipinski definition) is 4.